The molecule has 0 aromatic heterocycles. The van der Waals surface area contributed by atoms with Crippen molar-refractivity contribution in [2.45, 2.75) is 20.4 Å². The maximum Gasteiger partial charge on any atom is 0.286 e. The van der Waals surface area contributed by atoms with Crippen molar-refractivity contribution in [2.75, 3.05) is 13.7 Å². The van der Waals surface area contributed by atoms with Crippen molar-refractivity contribution in [3.63, 3.8) is 0 Å². The van der Waals surface area contributed by atoms with Gasteiger partial charge in [-0.05, 0) is 17.7 Å². The van der Waals surface area contributed by atoms with Crippen LogP contribution in [-0.4, -0.2) is 35.6 Å². The Morgan fingerprint density at radius 1 is 1.36 bits per heavy atom. The monoisotopic (exact) mass is 326 g/mol. The maximum atomic E-state index is 12.2. The molecule has 2 rings (SSSR count). The molecule has 0 fully saturated rings. The van der Waals surface area contributed by atoms with Crippen molar-refractivity contribution in [1.29, 1.82) is 0 Å². The number of carbonyl (C=O) groups excluding carboxylic acids is 2. The number of amides is 2. The van der Waals surface area contributed by atoms with E-state index < -0.39 is 17.6 Å². The molecule has 120 valence electrons. The SMILES string of the molecule is CC.CON(Cc1ccc(Cl)cc1)C(=O)C1=C(O)C(=O)NC1. The van der Waals surface area contributed by atoms with Gasteiger partial charge in [0.2, 0.25) is 0 Å². The smallest absolute Gasteiger partial charge is 0.286 e. The summed E-state index contributed by atoms with van der Waals surface area (Å²) in [4.78, 5) is 28.3. The Hall–Kier alpha value is -2.05. The molecule has 1 aliphatic heterocycles. The van der Waals surface area contributed by atoms with Gasteiger partial charge in [-0.3, -0.25) is 14.4 Å². The number of hydroxylamine groups is 2. The van der Waals surface area contributed by atoms with Crippen LogP contribution in [0.2, 0.25) is 5.02 Å². The zero-order valence-corrected chi connectivity index (χ0v) is 13.5. The minimum atomic E-state index is -0.657. The Balaban J connectivity index is 0.00000116. The number of aliphatic hydroxyl groups excluding tert-OH is 1. The second-order valence-electron chi connectivity index (χ2n) is 4.16. The molecule has 0 saturated heterocycles. The van der Waals surface area contributed by atoms with Crippen molar-refractivity contribution in [3.05, 3.63) is 46.2 Å². The molecule has 0 saturated carbocycles. The minimum absolute atomic E-state index is 0.00851. The summed E-state index contributed by atoms with van der Waals surface area (Å²) in [6.45, 7) is 4.17. The first-order valence-corrected chi connectivity index (χ1v) is 7.21. The molecule has 7 heteroatoms. The van der Waals surface area contributed by atoms with Crippen LogP contribution in [0.25, 0.3) is 0 Å². The fourth-order valence-corrected chi connectivity index (χ4v) is 1.90. The van der Waals surface area contributed by atoms with E-state index in [9.17, 15) is 14.7 Å². The summed E-state index contributed by atoms with van der Waals surface area (Å²) >= 11 is 5.79. The predicted octanol–water partition coefficient (Wildman–Crippen LogP) is 2.20. The van der Waals surface area contributed by atoms with Crippen LogP contribution in [0, 0.1) is 0 Å². The molecule has 0 bridgehead atoms. The normalized spacial score (nSPS) is 13.4. The van der Waals surface area contributed by atoms with Crippen LogP contribution in [-0.2, 0) is 21.0 Å². The van der Waals surface area contributed by atoms with E-state index in [0.29, 0.717) is 5.02 Å². The van der Waals surface area contributed by atoms with Gasteiger partial charge in [0, 0.05) is 5.02 Å². The van der Waals surface area contributed by atoms with Gasteiger partial charge in [-0.25, -0.2) is 5.06 Å². The van der Waals surface area contributed by atoms with Gasteiger partial charge in [0.25, 0.3) is 11.8 Å². The van der Waals surface area contributed by atoms with Gasteiger partial charge in [0.15, 0.2) is 5.76 Å². The summed E-state index contributed by atoms with van der Waals surface area (Å²) in [5.74, 6) is -1.78. The standard InChI is InChI=1S/C13H13ClN2O4.C2H6/c1-20-16(7-8-2-4-9(14)5-3-8)13(19)10-6-15-12(18)11(10)17;1-2/h2-5,17H,6-7H2,1H3,(H,15,18);1-2H3. The molecular weight excluding hydrogens is 308 g/mol. The molecule has 0 radical (unpaired) electrons. The first-order chi connectivity index (χ1) is 10.5. The number of halogens is 1. The molecule has 22 heavy (non-hydrogen) atoms. The first-order valence-electron chi connectivity index (χ1n) is 6.83. The molecule has 1 aliphatic rings. The van der Waals surface area contributed by atoms with E-state index in [2.05, 4.69) is 5.32 Å². The topological polar surface area (TPSA) is 78.9 Å². The van der Waals surface area contributed by atoms with E-state index >= 15 is 0 Å². The van der Waals surface area contributed by atoms with Gasteiger partial charge in [-0.1, -0.05) is 37.6 Å². The number of carbonyl (C=O) groups is 2. The molecule has 0 aliphatic carbocycles. The van der Waals surface area contributed by atoms with E-state index in [-0.39, 0.29) is 18.7 Å². The molecule has 0 spiro atoms. The van der Waals surface area contributed by atoms with Gasteiger partial charge in [0.05, 0.1) is 25.8 Å². The highest BCUT2D eigenvalue weighted by atomic mass is 35.5. The van der Waals surface area contributed by atoms with E-state index in [4.69, 9.17) is 16.4 Å². The quantitative estimate of drug-likeness (QED) is 0.831. The van der Waals surface area contributed by atoms with Crippen molar-refractivity contribution >= 4 is 23.4 Å². The fourth-order valence-electron chi connectivity index (χ4n) is 1.78. The van der Waals surface area contributed by atoms with Gasteiger partial charge >= 0.3 is 0 Å². The van der Waals surface area contributed by atoms with Crippen molar-refractivity contribution < 1.29 is 19.5 Å². The minimum Gasteiger partial charge on any atom is -0.503 e. The fraction of sp³-hybridized carbons (Fsp3) is 0.333. The Morgan fingerprint density at radius 3 is 2.41 bits per heavy atom. The lowest BCUT2D eigenvalue weighted by atomic mass is 10.2. The third kappa shape index (κ3) is 4.22. The van der Waals surface area contributed by atoms with Gasteiger partial charge < -0.3 is 10.4 Å². The molecule has 1 heterocycles. The number of hydrogen-bond donors (Lipinski definition) is 2. The molecule has 2 N–H and O–H groups in total. The van der Waals surface area contributed by atoms with Crippen LogP contribution in [0.1, 0.15) is 19.4 Å². The zero-order valence-electron chi connectivity index (χ0n) is 12.7. The summed E-state index contributed by atoms with van der Waals surface area (Å²) in [7, 11) is 1.34. The molecule has 2 amide bonds. The lowest BCUT2D eigenvalue weighted by molar-refractivity contribution is -0.174. The number of hydrogen-bond acceptors (Lipinski definition) is 4. The summed E-state index contributed by atoms with van der Waals surface area (Å²) in [5.41, 5.74) is 0.799. The zero-order chi connectivity index (χ0) is 16.7. The summed E-state index contributed by atoms with van der Waals surface area (Å²) in [6.07, 6.45) is 0. The summed E-state index contributed by atoms with van der Waals surface area (Å²) in [5, 5.41) is 13.5. The van der Waals surface area contributed by atoms with Crippen LogP contribution in [0.5, 0.6) is 0 Å². The highest BCUT2D eigenvalue weighted by molar-refractivity contribution is 6.30. The average Bonchev–Trinajstić information content (AvgIpc) is 2.88. The van der Waals surface area contributed by atoms with E-state index in [1.54, 1.807) is 24.3 Å². The number of nitrogens with zero attached hydrogens (tertiary/aromatic N) is 1. The highest BCUT2D eigenvalue weighted by Gasteiger charge is 2.30. The summed E-state index contributed by atoms with van der Waals surface area (Å²) < 4.78 is 0. The van der Waals surface area contributed by atoms with Crippen molar-refractivity contribution in [1.82, 2.24) is 10.4 Å². The molecule has 6 nitrogen and oxygen atoms in total. The largest absolute Gasteiger partial charge is 0.503 e. The van der Waals surface area contributed by atoms with Crippen molar-refractivity contribution in [2.24, 2.45) is 0 Å². The average molecular weight is 327 g/mol. The van der Waals surface area contributed by atoms with Crippen LogP contribution >= 0.6 is 11.6 Å². The summed E-state index contributed by atoms with van der Waals surface area (Å²) in [6, 6.07) is 6.92. The molecule has 1 aromatic rings. The third-order valence-electron chi connectivity index (χ3n) is 2.87. The molecule has 0 atom stereocenters. The Labute approximate surface area is 134 Å². The van der Waals surface area contributed by atoms with Crippen LogP contribution in [0.3, 0.4) is 0 Å². The van der Waals surface area contributed by atoms with Crippen LogP contribution < -0.4 is 5.32 Å². The highest BCUT2D eigenvalue weighted by Crippen LogP contribution is 2.16. The maximum absolute atomic E-state index is 12.2. The van der Waals surface area contributed by atoms with E-state index in [1.807, 2.05) is 13.8 Å². The first kappa shape index (κ1) is 18.0. The molecular formula is C15H19ClN2O4. The van der Waals surface area contributed by atoms with Crippen LogP contribution in [0.4, 0.5) is 0 Å². The van der Waals surface area contributed by atoms with E-state index in [0.717, 1.165) is 10.6 Å². The third-order valence-corrected chi connectivity index (χ3v) is 3.12. The van der Waals surface area contributed by atoms with Gasteiger partial charge in [0.1, 0.15) is 0 Å². The van der Waals surface area contributed by atoms with Gasteiger partial charge in [-0.15, -0.1) is 0 Å². The molecule has 0 unspecified atom stereocenters. The predicted molar refractivity (Wildman–Crippen MR) is 83.0 cm³/mol. The Bertz CT molecular complexity index is 569. The number of rotatable bonds is 4. The second kappa shape index (κ2) is 8.41. The number of aliphatic hydroxyl groups is 1. The Morgan fingerprint density at radius 2 is 1.95 bits per heavy atom. The number of nitrogens with one attached hydrogen (secondary N) is 1. The van der Waals surface area contributed by atoms with Crippen LogP contribution in [0.15, 0.2) is 35.6 Å². The van der Waals surface area contributed by atoms with Gasteiger partial charge in [-0.2, -0.15) is 0 Å². The number of benzene rings is 1. The second-order valence-corrected chi connectivity index (χ2v) is 4.60. The van der Waals surface area contributed by atoms with Crippen molar-refractivity contribution in [3.8, 4) is 0 Å². The van der Waals surface area contributed by atoms with E-state index in [1.165, 1.54) is 7.11 Å². The molecule has 1 aromatic carbocycles. The lowest BCUT2D eigenvalue weighted by Gasteiger charge is -2.20. The lowest BCUT2D eigenvalue weighted by Crippen LogP contribution is -2.32. The Kier molecular flexibility index (Phi) is 6.88.